The molecule has 0 rings (SSSR count). The molecule has 0 aromatic carbocycles. The van der Waals surface area contributed by atoms with Gasteiger partial charge in [-0.05, 0) is 0 Å². The minimum absolute atomic E-state index is 0.381. The molecule has 0 aliphatic carbocycles. The van der Waals surface area contributed by atoms with Gasteiger partial charge >= 0.3 is 8.80 Å². The van der Waals surface area contributed by atoms with Gasteiger partial charge in [-0.3, -0.25) is 0 Å². The Morgan fingerprint density at radius 1 is 0.875 bits per heavy atom. The van der Waals surface area contributed by atoms with Crippen LogP contribution in [0.3, 0.4) is 0 Å². The van der Waals surface area contributed by atoms with Crippen molar-refractivity contribution in [2.24, 2.45) is 0 Å². The second-order valence-corrected chi connectivity index (χ2v) is 6.56. The van der Waals surface area contributed by atoms with Crippen LogP contribution in [0.15, 0.2) is 12.7 Å². The van der Waals surface area contributed by atoms with Gasteiger partial charge in [0.2, 0.25) is 0 Å². The van der Waals surface area contributed by atoms with Crippen LogP contribution in [0, 0.1) is 0 Å². The standard InChI is InChI=1S/C9H17Cl3O3Si/c1-2-9-16(13-6-3-10,14-7-4-11)15-8-5-12/h2H,1,3-9H2. The number of alkyl halides is 3. The van der Waals surface area contributed by atoms with E-state index in [0.717, 1.165) is 0 Å². The van der Waals surface area contributed by atoms with Crippen LogP contribution >= 0.6 is 34.8 Å². The molecule has 3 nitrogen and oxygen atoms in total. The quantitative estimate of drug-likeness (QED) is 0.334. The number of rotatable bonds is 11. The maximum Gasteiger partial charge on any atom is 0.505 e. The second-order valence-electron chi connectivity index (χ2n) is 2.79. The average molecular weight is 308 g/mol. The lowest BCUT2D eigenvalue weighted by Gasteiger charge is -2.28. The van der Waals surface area contributed by atoms with Crippen molar-refractivity contribution >= 4 is 43.6 Å². The lowest BCUT2D eigenvalue weighted by atomic mass is 10.8. The Labute approximate surface area is 113 Å². The molecule has 0 aromatic heterocycles. The van der Waals surface area contributed by atoms with Crippen molar-refractivity contribution in [3.8, 4) is 0 Å². The average Bonchev–Trinajstić information content (AvgIpc) is 2.31. The summed E-state index contributed by atoms with van der Waals surface area (Å²) >= 11 is 16.8. The van der Waals surface area contributed by atoms with Gasteiger partial charge in [0.25, 0.3) is 0 Å². The van der Waals surface area contributed by atoms with Gasteiger partial charge in [0.05, 0.1) is 19.8 Å². The molecule has 0 fully saturated rings. The highest BCUT2D eigenvalue weighted by molar-refractivity contribution is 6.61. The van der Waals surface area contributed by atoms with E-state index in [1.54, 1.807) is 6.08 Å². The van der Waals surface area contributed by atoms with Crippen LogP contribution in [-0.2, 0) is 13.3 Å². The highest BCUT2D eigenvalue weighted by Gasteiger charge is 2.39. The molecule has 0 aliphatic rings. The van der Waals surface area contributed by atoms with E-state index in [0.29, 0.717) is 43.5 Å². The summed E-state index contributed by atoms with van der Waals surface area (Å²) in [5, 5.41) is 0. The van der Waals surface area contributed by atoms with E-state index >= 15 is 0 Å². The van der Waals surface area contributed by atoms with Gasteiger partial charge in [-0.15, -0.1) is 41.4 Å². The molecule has 0 aliphatic heterocycles. The van der Waals surface area contributed by atoms with Gasteiger partial charge in [0.1, 0.15) is 0 Å². The fourth-order valence-corrected chi connectivity index (χ4v) is 3.88. The smallest absolute Gasteiger partial charge is 0.372 e. The highest BCUT2D eigenvalue weighted by Crippen LogP contribution is 2.17. The van der Waals surface area contributed by atoms with Gasteiger partial charge in [0.15, 0.2) is 0 Å². The number of allylic oxidation sites excluding steroid dienone is 1. The van der Waals surface area contributed by atoms with Crippen molar-refractivity contribution < 1.29 is 13.3 Å². The fourth-order valence-electron chi connectivity index (χ4n) is 1.06. The molecule has 16 heavy (non-hydrogen) atoms. The zero-order valence-electron chi connectivity index (χ0n) is 9.09. The first-order chi connectivity index (χ1) is 7.74. The maximum absolute atomic E-state index is 5.60. The van der Waals surface area contributed by atoms with Crippen molar-refractivity contribution in [3.63, 3.8) is 0 Å². The maximum atomic E-state index is 5.60. The molecule has 0 atom stereocenters. The van der Waals surface area contributed by atoms with E-state index in [2.05, 4.69) is 6.58 Å². The van der Waals surface area contributed by atoms with Crippen LogP contribution in [0.5, 0.6) is 0 Å². The van der Waals surface area contributed by atoms with Crippen LogP contribution in [0.1, 0.15) is 0 Å². The molecular weight excluding hydrogens is 291 g/mol. The van der Waals surface area contributed by atoms with Crippen molar-refractivity contribution in [1.29, 1.82) is 0 Å². The molecule has 0 unspecified atom stereocenters. The van der Waals surface area contributed by atoms with Gasteiger partial charge in [0, 0.05) is 23.7 Å². The summed E-state index contributed by atoms with van der Waals surface area (Å²) in [6.07, 6.45) is 1.71. The molecule has 0 heterocycles. The van der Waals surface area contributed by atoms with Crippen molar-refractivity contribution in [1.82, 2.24) is 0 Å². The number of hydrogen-bond donors (Lipinski definition) is 0. The van der Waals surface area contributed by atoms with Gasteiger partial charge in [-0.25, -0.2) is 0 Å². The first kappa shape index (κ1) is 16.7. The minimum atomic E-state index is -2.73. The second kappa shape index (κ2) is 10.8. The summed E-state index contributed by atoms with van der Waals surface area (Å²) in [5.41, 5.74) is 0. The lowest BCUT2D eigenvalue weighted by molar-refractivity contribution is 0.0760. The van der Waals surface area contributed by atoms with E-state index < -0.39 is 8.80 Å². The Morgan fingerprint density at radius 3 is 1.50 bits per heavy atom. The molecule has 0 bridgehead atoms. The Kier molecular flexibility index (Phi) is 11.3. The van der Waals surface area contributed by atoms with E-state index in [1.165, 1.54) is 0 Å². The summed E-state index contributed by atoms with van der Waals surface area (Å²) in [6, 6.07) is 0.525. The van der Waals surface area contributed by atoms with Gasteiger partial charge in [-0.2, -0.15) is 0 Å². The highest BCUT2D eigenvalue weighted by atomic mass is 35.5. The molecule has 0 spiro atoms. The first-order valence-corrected chi connectivity index (χ1v) is 8.49. The van der Waals surface area contributed by atoms with Crippen LogP contribution in [0.25, 0.3) is 0 Å². The first-order valence-electron chi connectivity index (χ1n) is 4.95. The summed E-state index contributed by atoms with van der Waals surface area (Å²) < 4.78 is 16.8. The van der Waals surface area contributed by atoms with Crippen LogP contribution in [0.4, 0.5) is 0 Å². The summed E-state index contributed by atoms with van der Waals surface area (Å²) in [6.45, 7) is 4.81. The van der Waals surface area contributed by atoms with Crippen LogP contribution in [-0.4, -0.2) is 46.3 Å². The SMILES string of the molecule is C=CC[Si](OCCCl)(OCCCl)OCCCl. The molecule has 0 aromatic rings. The topological polar surface area (TPSA) is 27.7 Å². The summed E-state index contributed by atoms with van der Waals surface area (Å²) in [4.78, 5) is 0. The Hall–Kier alpha value is 0.707. The van der Waals surface area contributed by atoms with Crippen molar-refractivity contribution in [3.05, 3.63) is 12.7 Å². The Bertz CT molecular complexity index is 162. The number of hydrogen-bond acceptors (Lipinski definition) is 3. The molecule has 7 heteroatoms. The number of halogens is 3. The zero-order valence-corrected chi connectivity index (χ0v) is 12.4. The third-order valence-electron chi connectivity index (χ3n) is 1.59. The molecule has 0 amide bonds. The molecule has 0 saturated carbocycles. The van der Waals surface area contributed by atoms with E-state index in [9.17, 15) is 0 Å². The third-order valence-corrected chi connectivity index (χ3v) is 4.78. The van der Waals surface area contributed by atoms with Crippen LogP contribution < -0.4 is 0 Å². The van der Waals surface area contributed by atoms with Crippen molar-refractivity contribution in [2.45, 2.75) is 6.04 Å². The molecule has 0 saturated heterocycles. The van der Waals surface area contributed by atoms with E-state index in [1.807, 2.05) is 0 Å². The normalized spacial score (nSPS) is 11.7. The molecule has 96 valence electrons. The summed E-state index contributed by atoms with van der Waals surface area (Å²) in [7, 11) is -2.73. The molecular formula is C9H17Cl3O3Si. The van der Waals surface area contributed by atoms with Gasteiger partial charge < -0.3 is 13.3 Å². The third kappa shape index (κ3) is 7.11. The predicted octanol–water partition coefficient (Wildman–Crippen LogP) is 2.88. The summed E-state index contributed by atoms with van der Waals surface area (Å²) in [5.74, 6) is 1.17. The van der Waals surface area contributed by atoms with E-state index in [4.69, 9.17) is 48.1 Å². The predicted molar refractivity (Wildman–Crippen MR) is 70.8 cm³/mol. The molecule has 0 N–H and O–H groups in total. The van der Waals surface area contributed by atoms with Crippen molar-refractivity contribution in [2.75, 3.05) is 37.5 Å². The van der Waals surface area contributed by atoms with E-state index in [-0.39, 0.29) is 0 Å². The zero-order chi connectivity index (χ0) is 12.3. The van der Waals surface area contributed by atoms with Gasteiger partial charge in [-0.1, -0.05) is 6.08 Å². The van der Waals surface area contributed by atoms with Crippen LogP contribution in [0.2, 0.25) is 6.04 Å². The fraction of sp³-hybridized carbons (Fsp3) is 0.778. The Morgan fingerprint density at radius 2 is 1.25 bits per heavy atom. The largest absolute Gasteiger partial charge is 0.505 e. The lowest BCUT2D eigenvalue weighted by Crippen LogP contribution is -2.46. The Balaban J connectivity index is 4.37. The monoisotopic (exact) mass is 306 g/mol. The minimum Gasteiger partial charge on any atom is -0.372 e. The molecule has 0 radical (unpaired) electrons.